The Morgan fingerprint density at radius 3 is 2.16 bits per heavy atom. The Balaban J connectivity index is 2.53. The van der Waals surface area contributed by atoms with E-state index in [0.717, 1.165) is 19.3 Å². The van der Waals surface area contributed by atoms with Gasteiger partial charge in [0.1, 0.15) is 11.8 Å². The molecule has 0 amide bonds. The predicted octanol–water partition coefficient (Wildman–Crippen LogP) is 4.40. The second-order valence-electron chi connectivity index (χ2n) is 8.20. The van der Waals surface area contributed by atoms with Crippen LogP contribution in [0.1, 0.15) is 90.9 Å². The van der Waals surface area contributed by atoms with Crippen LogP contribution in [-0.4, -0.2) is 49.7 Å². The molecule has 1 rings (SSSR count). The summed E-state index contributed by atoms with van der Waals surface area (Å²) in [5.74, 6) is -0.895. The Kier molecular flexibility index (Phi) is 15.0. The summed E-state index contributed by atoms with van der Waals surface area (Å²) in [6.45, 7) is 5.01. The summed E-state index contributed by atoms with van der Waals surface area (Å²) in [4.78, 5) is 11.7. The fourth-order valence-corrected chi connectivity index (χ4v) is 4.48. The van der Waals surface area contributed by atoms with Crippen molar-refractivity contribution in [2.75, 3.05) is 13.2 Å². The number of hydrogen-bond acceptors (Lipinski definition) is 6. The first kappa shape index (κ1) is 28.4. The summed E-state index contributed by atoms with van der Waals surface area (Å²) >= 11 is 0. The van der Waals surface area contributed by atoms with E-state index in [2.05, 4.69) is 6.92 Å². The zero-order valence-corrected chi connectivity index (χ0v) is 20.5. The van der Waals surface area contributed by atoms with Crippen LogP contribution in [0.2, 0.25) is 0 Å². The Bertz CT molecular complexity index is 748. The highest BCUT2D eigenvalue weighted by Crippen LogP contribution is 2.22. The van der Waals surface area contributed by atoms with Crippen LogP contribution in [0, 0.1) is 0 Å². The second-order valence-corrected chi connectivity index (χ2v) is 9.11. The van der Waals surface area contributed by atoms with Gasteiger partial charge in [0.05, 0.1) is 11.5 Å². The third-order valence-electron chi connectivity index (χ3n) is 5.63. The number of carboxylic acids is 1. The van der Waals surface area contributed by atoms with Crippen LogP contribution < -0.4 is 5.73 Å². The molecule has 0 aromatic carbocycles. The number of hydrogen-bond donors (Lipinski definition) is 2. The molecule has 0 aromatic rings. The van der Waals surface area contributed by atoms with Crippen molar-refractivity contribution in [2.24, 2.45) is 5.73 Å². The summed E-state index contributed by atoms with van der Waals surface area (Å²) in [6, 6.07) is -1.01. The van der Waals surface area contributed by atoms with E-state index in [1.165, 1.54) is 44.9 Å². The normalized spacial score (nSPS) is 17.0. The minimum absolute atomic E-state index is 0.0327. The smallest absolute Gasteiger partial charge is 0.344 e. The van der Waals surface area contributed by atoms with Crippen molar-refractivity contribution in [1.82, 2.24) is 0 Å². The van der Waals surface area contributed by atoms with E-state index >= 15 is 0 Å². The Morgan fingerprint density at radius 2 is 1.62 bits per heavy atom. The van der Waals surface area contributed by atoms with Crippen LogP contribution in [0.4, 0.5) is 0 Å². The SMILES string of the molecule is CCCCCCCCCCCCC(OC1=CC=C(CCOCC)C(=S(=O)=O)C1N)C(=O)O. The van der Waals surface area contributed by atoms with Gasteiger partial charge in [0.25, 0.3) is 0 Å². The lowest BCUT2D eigenvalue weighted by atomic mass is 9.96. The molecule has 8 heteroatoms. The minimum Gasteiger partial charge on any atom is -0.481 e. The van der Waals surface area contributed by atoms with Gasteiger partial charge in [0.15, 0.2) is 6.10 Å². The lowest BCUT2D eigenvalue weighted by Gasteiger charge is -2.25. The average Bonchev–Trinajstić information content (AvgIpc) is 2.75. The van der Waals surface area contributed by atoms with Crippen molar-refractivity contribution in [2.45, 2.75) is 103 Å². The molecule has 0 aliphatic heterocycles. The average molecular weight is 472 g/mol. The summed E-state index contributed by atoms with van der Waals surface area (Å²) in [5, 5.41) is 9.55. The van der Waals surface area contributed by atoms with Crippen LogP contribution >= 0.6 is 0 Å². The van der Waals surface area contributed by atoms with Gasteiger partial charge in [-0.25, -0.2) is 4.79 Å². The van der Waals surface area contributed by atoms with Crippen molar-refractivity contribution in [3.63, 3.8) is 0 Å². The Hall–Kier alpha value is -1.64. The fourth-order valence-electron chi connectivity index (χ4n) is 3.77. The number of carbonyl (C=O) groups is 1. The molecule has 184 valence electrons. The lowest BCUT2D eigenvalue weighted by Crippen LogP contribution is -2.39. The van der Waals surface area contributed by atoms with Crippen LogP contribution in [-0.2, 0) is 24.6 Å². The molecular formula is C24H41NO6S. The second kappa shape index (κ2) is 16.9. The molecule has 0 saturated heterocycles. The third-order valence-corrected chi connectivity index (χ3v) is 6.50. The lowest BCUT2D eigenvalue weighted by molar-refractivity contribution is -0.148. The van der Waals surface area contributed by atoms with Gasteiger partial charge in [-0.1, -0.05) is 70.8 Å². The molecule has 7 nitrogen and oxygen atoms in total. The van der Waals surface area contributed by atoms with Gasteiger partial charge in [0.2, 0.25) is 10.3 Å². The van der Waals surface area contributed by atoms with Crippen LogP contribution in [0.15, 0.2) is 23.5 Å². The van der Waals surface area contributed by atoms with Crippen LogP contribution in [0.5, 0.6) is 0 Å². The molecule has 0 fully saturated rings. The molecule has 3 N–H and O–H groups in total. The van der Waals surface area contributed by atoms with E-state index in [-0.39, 0.29) is 10.6 Å². The zero-order valence-electron chi connectivity index (χ0n) is 19.7. The number of carboxylic acid groups (broad SMARTS) is 1. The van der Waals surface area contributed by atoms with Gasteiger partial charge < -0.3 is 20.3 Å². The maximum Gasteiger partial charge on any atom is 0.344 e. The zero-order chi connectivity index (χ0) is 23.8. The van der Waals surface area contributed by atoms with Crippen LogP contribution in [0.25, 0.3) is 0 Å². The molecule has 0 heterocycles. The van der Waals surface area contributed by atoms with Crippen LogP contribution in [0.3, 0.4) is 0 Å². The first-order chi connectivity index (χ1) is 15.4. The molecule has 32 heavy (non-hydrogen) atoms. The standard InChI is InChI=1S/C24H41NO6S/c1-3-5-6-7-8-9-10-11-12-13-14-21(24(26)27)31-20-16-15-19(17-18-30-4-2)23(22(20)25)32(28)29/h15-16,21-22H,3-14,17-18,25H2,1-2H3,(H,26,27). The summed E-state index contributed by atoms with van der Waals surface area (Å²) in [6.07, 6.45) is 14.6. The molecule has 1 aliphatic rings. The molecular weight excluding hydrogens is 430 g/mol. The first-order valence-corrected chi connectivity index (χ1v) is 13.1. The van der Waals surface area contributed by atoms with E-state index in [9.17, 15) is 18.3 Å². The van der Waals surface area contributed by atoms with Crippen molar-refractivity contribution >= 4 is 21.1 Å². The maximum atomic E-state index is 11.7. The molecule has 1 aliphatic carbocycles. The molecule has 0 radical (unpaired) electrons. The summed E-state index contributed by atoms with van der Waals surface area (Å²) in [7, 11) is -2.53. The monoisotopic (exact) mass is 471 g/mol. The number of ether oxygens (including phenoxy) is 2. The number of rotatable bonds is 18. The first-order valence-electron chi connectivity index (χ1n) is 12.0. The largest absolute Gasteiger partial charge is 0.481 e. The molecule has 2 unspecified atom stereocenters. The predicted molar refractivity (Wildman–Crippen MR) is 128 cm³/mol. The van der Waals surface area contributed by atoms with Crippen molar-refractivity contribution < 1.29 is 27.8 Å². The van der Waals surface area contributed by atoms with Gasteiger partial charge in [-0.15, -0.1) is 0 Å². The van der Waals surface area contributed by atoms with Crippen molar-refractivity contribution in [1.29, 1.82) is 0 Å². The molecule has 2 atom stereocenters. The molecule has 0 spiro atoms. The van der Waals surface area contributed by atoms with Crippen molar-refractivity contribution in [3.05, 3.63) is 23.5 Å². The highest BCUT2D eigenvalue weighted by atomic mass is 32.2. The van der Waals surface area contributed by atoms with Crippen molar-refractivity contribution in [3.8, 4) is 0 Å². The molecule has 0 bridgehead atoms. The summed E-state index contributed by atoms with van der Waals surface area (Å²) in [5.41, 5.74) is 6.69. The molecule has 0 aromatic heterocycles. The number of unbranched alkanes of at least 4 members (excludes halogenated alkanes) is 9. The highest BCUT2D eigenvalue weighted by Gasteiger charge is 2.29. The van der Waals surface area contributed by atoms with E-state index in [1.807, 2.05) is 6.92 Å². The maximum absolute atomic E-state index is 11.7. The minimum atomic E-state index is -2.53. The number of nitrogens with two attached hydrogens (primary N) is 1. The van der Waals surface area contributed by atoms with E-state index in [0.29, 0.717) is 31.6 Å². The number of allylic oxidation sites excluding steroid dienone is 2. The van der Waals surface area contributed by atoms with Gasteiger partial charge in [-0.2, -0.15) is 8.42 Å². The highest BCUT2D eigenvalue weighted by molar-refractivity contribution is 7.73. The summed E-state index contributed by atoms with van der Waals surface area (Å²) < 4.78 is 34.5. The topological polar surface area (TPSA) is 116 Å². The van der Waals surface area contributed by atoms with Gasteiger partial charge in [-0.3, -0.25) is 0 Å². The van der Waals surface area contributed by atoms with E-state index < -0.39 is 28.4 Å². The van der Waals surface area contributed by atoms with Gasteiger partial charge >= 0.3 is 5.97 Å². The fraction of sp³-hybridized carbons (Fsp3) is 0.750. The number of aliphatic carboxylic acids is 1. The Morgan fingerprint density at radius 1 is 1.03 bits per heavy atom. The van der Waals surface area contributed by atoms with E-state index in [4.69, 9.17) is 15.2 Å². The molecule has 0 saturated carbocycles. The third kappa shape index (κ3) is 10.8. The quantitative estimate of drug-likeness (QED) is 0.225. The Labute approximate surface area is 194 Å². The van der Waals surface area contributed by atoms with Gasteiger partial charge in [0, 0.05) is 6.61 Å². The van der Waals surface area contributed by atoms with Gasteiger partial charge in [-0.05, 0) is 37.8 Å². The van der Waals surface area contributed by atoms with E-state index in [1.54, 1.807) is 12.2 Å².